The second-order valence-electron chi connectivity index (χ2n) is 5.23. The van der Waals surface area contributed by atoms with Gasteiger partial charge in [-0.25, -0.2) is 4.79 Å². The Morgan fingerprint density at radius 2 is 2.08 bits per heavy atom. The fourth-order valence-corrected chi connectivity index (χ4v) is 2.75. The molecule has 0 saturated carbocycles. The zero-order valence-corrected chi connectivity index (χ0v) is 14.4. The summed E-state index contributed by atoms with van der Waals surface area (Å²) in [6.07, 6.45) is -0.696. The van der Waals surface area contributed by atoms with Gasteiger partial charge in [-0.15, -0.1) is 21.5 Å². The second kappa shape index (κ2) is 7.27. The van der Waals surface area contributed by atoms with Gasteiger partial charge in [-0.2, -0.15) is 0 Å². The standard InChI is InChI=1S/C17H15N3O4S/c1-10(15-19-20-16(24-15)14-7-4-8-25-14)23-17(22)12-5-3-6-13(9-12)18-11(2)21/h3-10H,1-2H3,(H,18,21)/t10-/m0/s1. The maximum atomic E-state index is 12.3. The molecule has 25 heavy (non-hydrogen) atoms. The Bertz CT molecular complexity index is 889. The topological polar surface area (TPSA) is 94.3 Å². The molecule has 0 spiro atoms. The highest BCUT2D eigenvalue weighted by atomic mass is 32.1. The van der Waals surface area contributed by atoms with E-state index in [0.717, 1.165) is 4.88 Å². The second-order valence-corrected chi connectivity index (χ2v) is 6.18. The Morgan fingerprint density at radius 3 is 2.80 bits per heavy atom. The van der Waals surface area contributed by atoms with Crippen molar-refractivity contribution < 1.29 is 18.7 Å². The third-order valence-corrected chi connectivity index (χ3v) is 4.08. The predicted molar refractivity (Wildman–Crippen MR) is 92.2 cm³/mol. The molecule has 1 amide bonds. The van der Waals surface area contributed by atoms with E-state index < -0.39 is 12.1 Å². The van der Waals surface area contributed by atoms with Gasteiger partial charge in [0.05, 0.1) is 10.4 Å². The molecule has 0 unspecified atom stereocenters. The Hall–Kier alpha value is -3.00. The van der Waals surface area contributed by atoms with E-state index in [1.807, 2.05) is 17.5 Å². The van der Waals surface area contributed by atoms with Crippen LogP contribution in [-0.4, -0.2) is 22.1 Å². The molecular weight excluding hydrogens is 342 g/mol. The molecule has 128 valence electrons. The largest absolute Gasteiger partial charge is 0.449 e. The van der Waals surface area contributed by atoms with Gasteiger partial charge in [0, 0.05) is 12.6 Å². The highest BCUT2D eigenvalue weighted by Gasteiger charge is 2.20. The van der Waals surface area contributed by atoms with Crippen molar-refractivity contribution in [3.63, 3.8) is 0 Å². The van der Waals surface area contributed by atoms with Crippen LogP contribution in [0.25, 0.3) is 10.8 Å². The van der Waals surface area contributed by atoms with Gasteiger partial charge in [-0.1, -0.05) is 12.1 Å². The minimum absolute atomic E-state index is 0.217. The summed E-state index contributed by atoms with van der Waals surface area (Å²) in [5.74, 6) is -0.156. The molecule has 2 heterocycles. The molecule has 8 heteroatoms. The fraction of sp³-hybridized carbons (Fsp3) is 0.176. The predicted octanol–water partition coefficient (Wildman–Crippen LogP) is 3.67. The zero-order valence-electron chi connectivity index (χ0n) is 13.6. The lowest BCUT2D eigenvalue weighted by atomic mass is 10.2. The number of hydrogen-bond donors (Lipinski definition) is 1. The summed E-state index contributed by atoms with van der Waals surface area (Å²) in [7, 11) is 0. The summed E-state index contributed by atoms with van der Waals surface area (Å²) in [5, 5.41) is 12.4. The fourth-order valence-electron chi connectivity index (χ4n) is 2.10. The van der Waals surface area contributed by atoms with Crippen LogP contribution in [0, 0.1) is 0 Å². The van der Waals surface area contributed by atoms with E-state index >= 15 is 0 Å². The Kier molecular flexibility index (Phi) is 4.90. The molecule has 3 rings (SSSR count). The number of carbonyl (C=O) groups is 2. The van der Waals surface area contributed by atoms with Crippen LogP contribution in [0.3, 0.4) is 0 Å². The van der Waals surface area contributed by atoms with E-state index in [4.69, 9.17) is 9.15 Å². The number of aromatic nitrogens is 2. The molecule has 0 aliphatic carbocycles. The smallest absolute Gasteiger partial charge is 0.338 e. The molecule has 1 atom stereocenters. The normalized spacial score (nSPS) is 11.8. The van der Waals surface area contributed by atoms with E-state index in [9.17, 15) is 9.59 Å². The SMILES string of the molecule is CC(=O)Nc1cccc(C(=O)O[C@@H](C)c2nnc(-c3cccs3)o2)c1. The van der Waals surface area contributed by atoms with Crippen molar-refractivity contribution in [2.45, 2.75) is 20.0 Å². The van der Waals surface area contributed by atoms with Gasteiger partial charge in [0.25, 0.3) is 11.8 Å². The van der Waals surface area contributed by atoms with Crippen molar-refractivity contribution in [2.24, 2.45) is 0 Å². The van der Waals surface area contributed by atoms with Gasteiger partial charge in [0.1, 0.15) is 0 Å². The number of hydrogen-bond acceptors (Lipinski definition) is 7. The molecule has 7 nitrogen and oxygen atoms in total. The van der Waals surface area contributed by atoms with E-state index in [1.54, 1.807) is 31.2 Å². The highest BCUT2D eigenvalue weighted by Crippen LogP contribution is 2.26. The Balaban J connectivity index is 1.69. The van der Waals surface area contributed by atoms with Crippen LogP contribution in [0.2, 0.25) is 0 Å². The molecular formula is C17H15N3O4S. The van der Waals surface area contributed by atoms with Crippen LogP contribution in [-0.2, 0) is 9.53 Å². The van der Waals surface area contributed by atoms with Crippen LogP contribution < -0.4 is 5.32 Å². The molecule has 0 aliphatic heterocycles. The number of thiophene rings is 1. The monoisotopic (exact) mass is 357 g/mol. The van der Waals surface area contributed by atoms with Gasteiger partial charge in [-0.3, -0.25) is 4.79 Å². The Morgan fingerprint density at radius 1 is 1.24 bits per heavy atom. The van der Waals surface area contributed by atoms with Gasteiger partial charge >= 0.3 is 5.97 Å². The number of nitrogens with one attached hydrogen (secondary N) is 1. The van der Waals surface area contributed by atoms with Crippen LogP contribution >= 0.6 is 11.3 Å². The maximum absolute atomic E-state index is 12.3. The molecule has 1 N–H and O–H groups in total. The van der Waals surface area contributed by atoms with Crippen molar-refractivity contribution in [1.82, 2.24) is 10.2 Å². The minimum Gasteiger partial charge on any atom is -0.449 e. The third-order valence-electron chi connectivity index (χ3n) is 3.22. The highest BCUT2D eigenvalue weighted by molar-refractivity contribution is 7.13. The molecule has 0 fully saturated rings. The van der Waals surface area contributed by atoms with E-state index in [0.29, 0.717) is 17.1 Å². The molecule has 0 radical (unpaired) electrons. The van der Waals surface area contributed by atoms with E-state index in [2.05, 4.69) is 15.5 Å². The number of rotatable bonds is 5. The molecule has 0 bridgehead atoms. The summed E-state index contributed by atoms with van der Waals surface area (Å²) >= 11 is 1.48. The number of carbonyl (C=O) groups excluding carboxylic acids is 2. The van der Waals surface area contributed by atoms with Crippen molar-refractivity contribution in [1.29, 1.82) is 0 Å². The van der Waals surface area contributed by atoms with Crippen LogP contribution in [0.5, 0.6) is 0 Å². The zero-order chi connectivity index (χ0) is 17.8. The first-order valence-corrected chi connectivity index (χ1v) is 8.37. The summed E-state index contributed by atoms with van der Waals surface area (Å²) in [6.45, 7) is 3.05. The van der Waals surface area contributed by atoms with Crippen molar-refractivity contribution in [3.05, 3.63) is 53.2 Å². The summed E-state index contributed by atoms with van der Waals surface area (Å²) in [6, 6.07) is 10.2. The minimum atomic E-state index is -0.696. The van der Waals surface area contributed by atoms with Gasteiger partial charge in [0.2, 0.25) is 5.91 Å². The van der Waals surface area contributed by atoms with Crippen molar-refractivity contribution in [3.8, 4) is 10.8 Å². The Labute approximate surface area is 147 Å². The number of benzene rings is 1. The third kappa shape index (κ3) is 4.10. The molecule has 1 aromatic carbocycles. The molecule has 0 saturated heterocycles. The van der Waals surface area contributed by atoms with Crippen molar-refractivity contribution >= 4 is 28.9 Å². The van der Waals surface area contributed by atoms with Crippen LogP contribution in [0.4, 0.5) is 5.69 Å². The maximum Gasteiger partial charge on any atom is 0.338 e. The van der Waals surface area contributed by atoms with Crippen LogP contribution in [0.1, 0.15) is 36.2 Å². The number of nitrogens with zero attached hydrogens (tertiary/aromatic N) is 2. The van der Waals surface area contributed by atoms with Gasteiger partial charge < -0.3 is 14.5 Å². The summed E-state index contributed by atoms with van der Waals surface area (Å²) in [5.41, 5.74) is 0.837. The molecule has 0 aliphatic rings. The number of anilines is 1. The average molecular weight is 357 g/mol. The molecule has 2 aromatic heterocycles. The summed E-state index contributed by atoms with van der Waals surface area (Å²) in [4.78, 5) is 24.2. The lowest BCUT2D eigenvalue weighted by Gasteiger charge is -2.10. The molecule has 3 aromatic rings. The lowest BCUT2D eigenvalue weighted by molar-refractivity contribution is -0.114. The average Bonchev–Trinajstić information content (AvgIpc) is 3.25. The summed E-state index contributed by atoms with van der Waals surface area (Å²) < 4.78 is 10.9. The number of ether oxygens (including phenoxy) is 1. The number of amides is 1. The first-order valence-electron chi connectivity index (χ1n) is 7.49. The number of esters is 1. The van der Waals surface area contributed by atoms with Crippen molar-refractivity contribution in [2.75, 3.05) is 5.32 Å². The van der Waals surface area contributed by atoms with Crippen LogP contribution in [0.15, 0.2) is 46.2 Å². The van der Waals surface area contributed by atoms with Gasteiger partial charge in [-0.05, 0) is 36.6 Å². The van der Waals surface area contributed by atoms with Gasteiger partial charge in [0.15, 0.2) is 6.10 Å². The first-order chi connectivity index (χ1) is 12.0. The lowest BCUT2D eigenvalue weighted by Crippen LogP contribution is -2.11. The van der Waals surface area contributed by atoms with E-state index in [1.165, 1.54) is 18.3 Å². The first kappa shape index (κ1) is 16.8. The quantitative estimate of drug-likeness (QED) is 0.700. The van der Waals surface area contributed by atoms with E-state index in [-0.39, 0.29) is 11.8 Å².